The number of unbranched alkanes of at least 4 members (excludes halogenated alkanes) is 1. The van der Waals surface area contributed by atoms with E-state index in [-0.39, 0.29) is 5.97 Å². The molecule has 0 amide bonds. The van der Waals surface area contributed by atoms with Crippen molar-refractivity contribution in [3.05, 3.63) is 35.4 Å². The van der Waals surface area contributed by atoms with Gasteiger partial charge in [-0.05, 0) is 18.1 Å². The zero-order chi connectivity index (χ0) is 15.1. The van der Waals surface area contributed by atoms with Crippen LogP contribution in [0, 0.1) is 0 Å². The number of rotatable bonds is 6. The third kappa shape index (κ3) is 4.29. The molecular weight excluding hydrogens is 264 g/mol. The predicted molar refractivity (Wildman–Crippen MR) is 84.4 cm³/mol. The van der Waals surface area contributed by atoms with Crippen LogP contribution in [0.5, 0.6) is 0 Å². The molecule has 1 aliphatic heterocycles. The molecule has 116 valence electrons. The van der Waals surface area contributed by atoms with Crippen molar-refractivity contribution >= 4 is 5.97 Å². The third-order valence-electron chi connectivity index (χ3n) is 4.16. The second kappa shape index (κ2) is 8.15. The minimum atomic E-state index is -0.245. The first kappa shape index (κ1) is 16.0. The second-order valence-electron chi connectivity index (χ2n) is 5.62. The van der Waals surface area contributed by atoms with Gasteiger partial charge in [0.05, 0.1) is 12.7 Å². The lowest BCUT2D eigenvalue weighted by atomic mass is 10.0. The fourth-order valence-corrected chi connectivity index (χ4v) is 2.92. The summed E-state index contributed by atoms with van der Waals surface area (Å²) in [6.07, 6.45) is 3.69. The lowest BCUT2D eigenvalue weighted by Crippen LogP contribution is -2.50. The summed E-state index contributed by atoms with van der Waals surface area (Å²) in [6, 6.07) is 8.33. The molecule has 1 heterocycles. The lowest BCUT2D eigenvalue weighted by molar-refractivity contribution is 0.0596. The first-order valence-electron chi connectivity index (χ1n) is 7.87. The molecule has 1 fully saturated rings. The molecule has 0 aromatic heterocycles. The van der Waals surface area contributed by atoms with Crippen molar-refractivity contribution in [2.45, 2.75) is 38.8 Å². The summed E-state index contributed by atoms with van der Waals surface area (Å²) in [7, 11) is 1.44. The molecule has 0 bridgehead atoms. The number of piperazine rings is 1. The molecule has 1 aliphatic rings. The molecule has 0 spiro atoms. The summed E-state index contributed by atoms with van der Waals surface area (Å²) < 4.78 is 4.89. The van der Waals surface area contributed by atoms with Crippen LogP contribution in [-0.4, -0.2) is 43.7 Å². The van der Waals surface area contributed by atoms with Gasteiger partial charge >= 0.3 is 5.97 Å². The maximum absolute atomic E-state index is 11.9. The maximum Gasteiger partial charge on any atom is 0.338 e. The van der Waals surface area contributed by atoms with Crippen LogP contribution in [0.1, 0.15) is 42.1 Å². The number of ether oxygens (including phenoxy) is 1. The molecule has 1 aromatic carbocycles. The van der Waals surface area contributed by atoms with Gasteiger partial charge < -0.3 is 10.1 Å². The molecule has 1 aromatic rings. The Morgan fingerprint density at radius 2 is 2.24 bits per heavy atom. The Kier molecular flexibility index (Phi) is 6.21. The number of esters is 1. The molecule has 2 rings (SSSR count). The van der Waals surface area contributed by atoms with Gasteiger partial charge in [-0.1, -0.05) is 38.0 Å². The van der Waals surface area contributed by atoms with Crippen molar-refractivity contribution in [2.75, 3.05) is 26.7 Å². The first-order valence-corrected chi connectivity index (χ1v) is 7.87. The molecule has 0 aliphatic carbocycles. The van der Waals surface area contributed by atoms with Crippen molar-refractivity contribution in [3.8, 4) is 0 Å². The monoisotopic (exact) mass is 290 g/mol. The molecule has 1 atom stereocenters. The van der Waals surface area contributed by atoms with Crippen molar-refractivity contribution in [1.29, 1.82) is 0 Å². The van der Waals surface area contributed by atoms with Gasteiger partial charge in [-0.15, -0.1) is 0 Å². The highest BCUT2D eigenvalue weighted by atomic mass is 16.5. The number of carbonyl (C=O) groups is 1. The van der Waals surface area contributed by atoms with Crippen molar-refractivity contribution in [3.63, 3.8) is 0 Å². The quantitative estimate of drug-likeness (QED) is 0.817. The van der Waals surface area contributed by atoms with Gasteiger partial charge in [0.15, 0.2) is 0 Å². The molecule has 0 radical (unpaired) electrons. The summed E-state index contributed by atoms with van der Waals surface area (Å²) in [5.41, 5.74) is 1.75. The lowest BCUT2D eigenvalue weighted by Gasteiger charge is -2.36. The summed E-state index contributed by atoms with van der Waals surface area (Å²) in [5, 5.41) is 3.47. The van der Waals surface area contributed by atoms with Crippen molar-refractivity contribution in [2.24, 2.45) is 0 Å². The van der Waals surface area contributed by atoms with Gasteiger partial charge in [0, 0.05) is 32.2 Å². The fourth-order valence-electron chi connectivity index (χ4n) is 2.92. The largest absolute Gasteiger partial charge is 0.465 e. The molecular formula is C17H26N2O2. The van der Waals surface area contributed by atoms with Gasteiger partial charge in [-0.2, -0.15) is 0 Å². The summed E-state index contributed by atoms with van der Waals surface area (Å²) >= 11 is 0. The minimum absolute atomic E-state index is 0.245. The van der Waals surface area contributed by atoms with Crippen molar-refractivity contribution < 1.29 is 9.53 Å². The molecule has 4 nitrogen and oxygen atoms in total. The van der Waals surface area contributed by atoms with Crippen LogP contribution < -0.4 is 5.32 Å². The smallest absolute Gasteiger partial charge is 0.338 e. The van der Waals surface area contributed by atoms with E-state index in [1.165, 1.54) is 26.4 Å². The normalized spacial score (nSPS) is 19.4. The number of nitrogens with one attached hydrogen (secondary N) is 1. The van der Waals surface area contributed by atoms with E-state index in [0.717, 1.165) is 31.7 Å². The number of methoxy groups -OCH3 is 1. The predicted octanol–water partition coefficient (Wildman–Crippen LogP) is 2.44. The van der Waals surface area contributed by atoms with Crippen LogP contribution in [0.3, 0.4) is 0 Å². The van der Waals surface area contributed by atoms with E-state index in [1.807, 2.05) is 24.3 Å². The average Bonchev–Trinajstić information content (AvgIpc) is 2.54. The van der Waals surface area contributed by atoms with Gasteiger partial charge in [0.1, 0.15) is 0 Å². The molecule has 1 unspecified atom stereocenters. The van der Waals surface area contributed by atoms with E-state index < -0.39 is 0 Å². The Hall–Kier alpha value is -1.39. The third-order valence-corrected chi connectivity index (χ3v) is 4.16. The fraction of sp³-hybridized carbons (Fsp3) is 0.588. The van der Waals surface area contributed by atoms with Crippen LogP contribution >= 0.6 is 0 Å². The number of hydrogen-bond acceptors (Lipinski definition) is 4. The van der Waals surface area contributed by atoms with Gasteiger partial charge in [0.25, 0.3) is 0 Å². The molecule has 0 saturated carbocycles. The number of carbonyl (C=O) groups excluding carboxylic acids is 1. The average molecular weight is 290 g/mol. The van der Waals surface area contributed by atoms with E-state index in [4.69, 9.17) is 4.74 Å². The zero-order valence-electron chi connectivity index (χ0n) is 13.1. The van der Waals surface area contributed by atoms with E-state index in [2.05, 4.69) is 17.1 Å². The Labute approximate surface area is 127 Å². The second-order valence-corrected chi connectivity index (χ2v) is 5.62. The van der Waals surface area contributed by atoms with E-state index in [9.17, 15) is 4.79 Å². The van der Waals surface area contributed by atoms with E-state index in [1.54, 1.807) is 0 Å². The SMILES string of the molecule is CCCCC1CNCCN1Cc1ccccc1C(=O)OC. The highest BCUT2D eigenvalue weighted by Gasteiger charge is 2.23. The highest BCUT2D eigenvalue weighted by molar-refractivity contribution is 5.90. The molecule has 21 heavy (non-hydrogen) atoms. The molecule has 1 saturated heterocycles. The van der Waals surface area contributed by atoms with Crippen LogP contribution in [-0.2, 0) is 11.3 Å². The summed E-state index contributed by atoms with van der Waals surface area (Å²) in [6.45, 7) is 6.14. The van der Waals surface area contributed by atoms with Crippen LogP contribution in [0.25, 0.3) is 0 Å². The summed E-state index contributed by atoms with van der Waals surface area (Å²) in [5.74, 6) is -0.245. The maximum atomic E-state index is 11.9. The van der Waals surface area contributed by atoms with Gasteiger partial charge in [-0.3, -0.25) is 4.90 Å². The van der Waals surface area contributed by atoms with E-state index in [0.29, 0.717) is 11.6 Å². The van der Waals surface area contributed by atoms with Crippen molar-refractivity contribution in [1.82, 2.24) is 10.2 Å². The number of hydrogen-bond donors (Lipinski definition) is 1. The Morgan fingerprint density at radius 1 is 1.43 bits per heavy atom. The first-order chi connectivity index (χ1) is 10.3. The standard InChI is InChI=1S/C17H26N2O2/c1-3-4-8-15-12-18-10-11-19(15)13-14-7-5-6-9-16(14)17(20)21-2/h5-7,9,15,18H,3-4,8,10-13H2,1-2H3. The van der Waals surface area contributed by atoms with E-state index >= 15 is 0 Å². The van der Waals surface area contributed by atoms with Crippen LogP contribution in [0.4, 0.5) is 0 Å². The van der Waals surface area contributed by atoms with Gasteiger partial charge in [0.2, 0.25) is 0 Å². The van der Waals surface area contributed by atoms with Crippen LogP contribution in [0.2, 0.25) is 0 Å². The number of nitrogens with zero attached hydrogens (tertiary/aromatic N) is 1. The van der Waals surface area contributed by atoms with Gasteiger partial charge in [-0.25, -0.2) is 4.79 Å². The summed E-state index contributed by atoms with van der Waals surface area (Å²) in [4.78, 5) is 14.4. The Balaban J connectivity index is 2.10. The Bertz CT molecular complexity index is 462. The molecule has 1 N–H and O–H groups in total. The molecule has 4 heteroatoms. The Morgan fingerprint density at radius 3 is 3.00 bits per heavy atom. The van der Waals surface area contributed by atoms with Crippen LogP contribution in [0.15, 0.2) is 24.3 Å². The zero-order valence-corrected chi connectivity index (χ0v) is 13.1. The number of benzene rings is 1. The minimum Gasteiger partial charge on any atom is -0.465 e. The highest BCUT2D eigenvalue weighted by Crippen LogP contribution is 2.18. The topological polar surface area (TPSA) is 41.6 Å².